The fourth-order valence-corrected chi connectivity index (χ4v) is 8.82. The Labute approximate surface area is 529 Å². The van der Waals surface area contributed by atoms with E-state index in [9.17, 15) is 8.78 Å². The summed E-state index contributed by atoms with van der Waals surface area (Å²) in [5.41, 5.74) is 15.9. The van der Waals surface area contributed by atoms with Crippen LogP contribution in [0.5, 0.6) is 0 Å². The first-order valence-electron chi connectivity index (χ1n) is 24.1. The third-order valence-corrected chi connectivity index (χ3v) is 14.0. The molecule has 416 valence electrons. The molecule has 0 bridgehead atoms. The van der Waals surface area contributed by atoms with E-state index in [4.69, 9.17) is 83.5 Å². The Morgan fingerprint density at radius 2 is 0.863 bits per heavy atom. The molecule has 0 saturated heterocycles. The third kappa shape index (κ3) is 25.6. The number of nitrogens with two attached hydrogens (primary N) is 2. The first-order valence-corrected chi connectivity index (χ1v) is 29.6. The van der Waals surface area contributed by atoms with Crippen LogP contribution in [-0.4, -0.2) is 66.6 Å². The van der Waals surface area contributed by atoms with Crippen molar-refractivity contribution in [1.29, 1.82) is 0 Å². The van der Waals surface area contributed by atoms with Gasteiger partial charge in [0.2, 0.25) is 0 Å². The number of aromatic nitrogens is 4. The summed E-state index contributed by atoms with van der Waals surface area (Å²) in [5, 5.41) is 15.2. The van der Waals surface area contributed by atoms with E-state index in [-0.39, 0.29) is 11.6 Å². The molecule has 0 fully saturated rings. The lowest BCUT2D eigenvalue weighted by Crippen LogP contribution is -2.37. The minimum Gasteiger partial charge on any atom is -0.376 e. The van der Waals surface area contributed by atoms with Crippen molar-refractivity contribution in [3.63, 3.8) is 0 Å². The van der Waals surface area contributed by atoms with Crippen LogP contribution < -0.4 is 42.5 Å². The topological polar surface area (TPSA) is 158 Å². The van der Waals surface area contributed by atoms with Gasteiger partial charge in [-0.1, -0.05) is 71.7 Å². The molecule has 0 saturated carbocycles. The molecular formula is C56H52Br4Cl2F2N12S4. The van der Waals surface area contributed by atoms with Gasteiger partial charge in [-0.25, -0.2) is 28.7 Å². The Morgan fingerprint density at radius 1 is 0.450 bits per heavy atom. The first-order chi connectivity index (χ1) is 38.4. The van der Waals surface area contributed by atoms with Crippen LogP contribution in [0.3, 0.4) is 0 Å². The van der Waals surface area contributed by atoms with E-state index in [2.05, 4.69) is 105 Å². The molecule has 80 heavy (non-hydrogen) atoms. The summed E-state index contributed by atoms with van der Waals surface area (Å²) in [6.45, 7) is 2.63. The lowest BCUT2D eigenvalue weighted by atomic mass is 10.1. The highest BCUT2D eigenvalue weighted by molar-refractivity contribution is 9.11. The number of nitrogens with zero attached hydrogens (tertiary/aromatic N) is 6. The second-order valence-electron chi connectivity index (χ2n) is 16.6. The molecule has 8 aromatic rings. The number of halogens is 8. The summed E-state index contributed by atoms with van der Waals surface area (Å²) in [7, 11) is 0. The average Bonchev–Trinajstić information content (AvgIpc) is 3.43. The molecule has 0 aliphatic carbocycles. The maximum absolute atomic E-state index is 13.0. The minimum absolute atomic E-state index is 0.220. The highest BCUT2D eigenvalue weighted by Gasteiger charge is 2.13. The highest BCUT2D eigenvalue weighted by Crippen LogP contribution is 2.19. The van der Waals surface area contributed by atoms with E-state index in [1.54, 1.807) is 43.0 Å². The summed E-state index contributed by atoms with van der Waals surface area (Å²) in [4.78, 5) is 20.6. The van der Waals surface area contributed by atoms with Gasteiger partial charge in [0.15, 0.2) is 20.4 Å². The van der Waals surface area contributed by atoms with E-state index < -0.39 is 0 Å². The van der Waals surface area contributed by atoms with Crippen molar-refractivity contribution in [3.05, 3.63) is 232 Å². The number of anilines is 4. The summed E-state index contributed by atoms with van der Waals surface area (Å²) in [6, 6.07) is 43.5. The second-order valence-corrected chi connectivity index (χ2v) is 22.8. The Bertz CT molecular complexity index is 3220. The molecule has 12 nitrogen and oxygen atoms in total. The molecule has 0 aliphatic heterocycles. The molecule has 0 atom stereocenters. The van der Waals surface area contributed by atoms with Crippen LogP contribution in [0.25, 0.3) is 0 Å². The Kier molecular flexibility index (Phi) is 29.0. The van der Waals surface area contributed by atoms with Gasteiger partial charge in [0.1, 0.15) is 34.9 Å². The van der Waals surface area contributed by atoms with Crippen molar-refractivity contribution in [2.75, 3.05) is 46.6 Å². The summed E-state index contributed by atoms with van der Waals surface area (Å²) >= 11 is 45.7. The SMILES string of the molecule is Fc1ccc(CCNC(=S)Nc2ccc(Br)cn2)cc1.Fc1cccc(CCNC(=S)Nc2ccc(Br)cn2)c1.NC(=S)N(CCc1ccc(Cl)cc1)c1ccc(Br)cn1.NC(=S)N(CCc1cccc(Cl)c1)c1ccc(Br)cn1. The van der Waals surface area contributed by atoms with E-state index in [0.29, 0.717) is 64.7 Å². The Balaban J connectivity index is 0.000000196. The zero-order chi connectivity index (χ0) is 57.8. The van der Waals surface area contributed by atoms with Gasteiger partial charge < -0.3 is 42.5 Å². The van der Waals surface area contributed by atoms with E-state index in [1.807, 2.05) is 113 Å². The predicted octanol–water partition coefficient (Wildman–Crippen LogP) is 14.6. The van der Waals surface area contributed by atoms with Crippen LogP contribution >= 0.6 is 136 Å². The van der Waals surface area contributed by atoms with Gasteiger partial charge in [0.05, 0.1) is 0 Å². The largest absolute Gasteiger partial charge is 0.376 e. The number of nitrogens with one attached hydrogen (secondary N) is 4. The van der Waals surface area contributed by atoms with Crippen molar-refractivity contribution in [1.82, 2.24) is 30.6 Å². The molecule has 0 radical (unpaired) electrons. The summed E-state index contributed by atoms with van der Waals surface area (Å²) < 4.78 is 29.4. The molecule has 8 N–H and O–H groups in total. The fourth-order valence-electron chi connectivity index (χ4n) is 6.76. The number of thiocarbonyl (C=S) groups is 4. The zero-order valence-corrected chi connectivity index (χ0v) is 53.4. The van der Waals surface area contributed by atoms with Crippen molar-refractivity contribution >= 4 is 180 Å². The van der Waals surface area contributed by atoms with Crippen molar-refractivity contribution in [2.45, 2.75) is 25.7 Å². The van der Waals surface area contributed by atoms with Crippen LogP contribution in [0.2, 0.25) is 10.0 Å². The molecule has 4 aromatic carbocycles. The van der Waals surface area contributed by atoms with Crippen LogP contribution in [-0.2, 0) is 25.7 Å². The van der Waals surface area contributed by atoms with Crippen LogP contribution in [0.4, 0.5) is 32.1 Å². The lowest BCUT2D eigenvalue weighted by Gasteiger charge is -2.21. The van der Waals surface area contributed by atoms with Gasteiger partial charge >= 0.3 is 0 Å². The molecule has 4 aromatic heterocycles. The quantitative estimate of drug-likeness (QED) is 0.0507. The Hall–Kier alpha value is -5.40. The minimum atomic E-state index is -0.222. The average molecular weight is 1450 g/mol. The van der Waals surface area contributed by atoms with Crippen molar-refractivity contribution < 1.29 is 8.78 Å². The second kappa shape index (κ2) is 35.5. The van der Waals surface area contributed by atoms with Gasteiger partial charge in [-0.05, 0) is 258 Å². The number of benzene rings is 4. The lowest BCUT2D eigenvalue weighted by molar-refractivity contribution is 0.625. The molecule has 0 aliphatic rings. The summed E-state index contributed by atoms with van der Waals surface area (Å²) in [5.74, 6) is 2.41. The highest BCUT2D eigenvalue weighted by atomic mass is 79.9. The number of hydrogen-bond donors (Lipinski definition) is 6. The molecule has 4 heterocycles. The van der Waals surface area contributed by atoms with Gasteiger partial charge in [-0.3, -0.25) is 0 Å². The normalized spacial score (nSPS) is 10.2. The molecule has 24 heteroatoms. The third-order valence-electron chi connectivity index (χ3n) is 10.7. The maximum atomic E-state index is 13.0. The van der Waals surface area contributed by atoms with Crippen molar-refractivity contribution in [3.8, 4) is 0 Å². The van der Waals surface area contributed by atoms with Gasteiger partial charge in [-0.15, -0.1) is 0 Å². The maximum Gasteiger partial charge on any atom is 0.171 e. The van der Waals surface area contributed by atoms with E-state index >= 15 is 0 Å². The standard InChI is InChI=1S/2C14H13BrClN3S.2C14H13BrFN3S/c15-11-3-6-13(18-9-11)19(14(17)20)8-7-10-1-4-12(16)5-2-10;15-11-4-5-13(18-9-11)19(14(17)20)7-6-10-2-1-3-12(16)8-10;15-11-3-6-13(18-9-11)19-14(20)17-8-7-10-1-4-12(16)5-2-10;15-11-4-5-13(18-9-11)19-14(20)17-7-6-10-2-1-3-12(16)8-10/h1-6,9H,7-8H2,(H2,17,20);1-5,8-9H,6-7H2,(H2,17,20);1-6,9H,7-8H2,(H2,17,18,19,20);1-5,8-9H,6-7H2,(H2,17,18,19,20). The van der Waals surface area contributed by atoms with Crippen LogP contribution in [0.1, 0.15) is 22.3 Å². The summed E-state index contributed by atoms with van der Waals surface area (Å²) in [6.07, 6.45) is 9.91. The predicted molar refractivity (Wildman–Crippen MR) is 355 cm³/mol. The monoisotopic (exact) mass is 1440 g/mol. The van der Waals surface area contributed by atoms with Gasteiger partial charge in [0, 0.05) is 78.9 Å². The number of rotatable bonds is 16. The van der Waals surface area contributed by atoms with Crippen LogP contribution in [0, 0.1) is 11.6 Å². The smallest absolute Gasteiger partial charge is 0.171 e. The molecule has 8 rings (SSSR count). The first kappa shape index (κ1) is 65.4. The van der Waals surface area contributed by atoms with E-state index in [0.717, 1.165) is 75.5 Å². The van der Waals surface area contributed by atoms with Gasteiger partial charge in [-0.2, -0.15) is 0 Å². The molecule has 0 spiro atoms. The molecular weight excluding hydrogens is 1400 g/mol. The van der Waals surface area contributed by atoms with Gasteiger partial charge in [0.25, 0.3) is 0 Å². The molecule has 0 unspecified atom stereocenters. The fraction of sp³-hybridized carbons (Fsp3) is 0.143. The van der Waals surface area contributed by atoms with Crippen LogP contribution in [0.15, 0.2) is 188 Å². The Morgan fingerprint density at radius 3 is 1.29 bits per heavy atom. The zero-order valence-electron chi connectivity index (χ0n) is 42.3. The number of hydrogen-bond acceptors (Lipinski definition) is 8. The van der Waals surface area contributed by atoms with E-state index in [1.165, 1.54) is 29.8 Å². The molecule has 0 amide bonds. The number of pyridine rings is 4. The van der Waals surface area contributed by atoms with Crippen molar-refractivity contribution in [2.24, 2.45) is 11.5 Å².